The van der Waals surface area contributed by atoms with E-state index >= 15 is 0 Å². The lowest BCUT2D eigenvalue weighted by atomic mass is 9.98. The average molecular weight is 357 g/mol. The molecule has 0 saturated carbocycles. The maximum Gasteiger partial charge on any atom is 0.342 e. The average Bonchev–Trinajstić information content (AvgIpc) is 2.96. The summed E-state index contributed by atoms with van der Waals surface area (Å²) in [5.74, 6) is -3.50. The molecule has 1 aliphatic rings. The Labute approximate surface area is 144 Å². The zero-order valence-electron chi connectivity index (χ0n) is 13.6. The molecule has 1 aliphatic heterocycles. The van der Waals surface area contributed by atoms with Crippen LogP contribution in [0.2, 0.25) is 5.02 Å². The van der Waals surface area contributed by atoms with Gasteiger partial charge in [0.2, 0.25) is 0 Å². The maximum atomic E-state index is 12.3. The second-order valence-corrected chi connectivity index (χ2v) is 5.23. The quantitative estimate of drug-likeness (QED) is 0.589. The molecule has 0 amide bonds. The van der Waals surface area contributed by atoms with Gasteiger partial charge in [-0.25, -0.2) is 9.59 Å². The summed E-state index contributed by atoms with van der Waals surface area (Å²) in [6.07, 6.45) is -0.981. The standard InChI is InChI=1S/C16H17ClO7/c1-20-14(18)11-12(15(19)21-2)16(22-3,23-4)24-13(11)9-6-5-7-10(17)8-9/h5-8,13H,1-4H3. The number of carbonyl (C=O) groups excluding carboxylic acids is 2. The lowest BCUT2D eigenvalue weighted by molar-refractivity contribution is -0.337. The molecule has 0 N–H and O–H groups in total. The largest absolute Gasteiger partial charge is 0.466 e. The number of halogens is 1. The number of carbonyl (C=O) groups is 2. The fourth-order valence-corrected chi connectivity index (χ4v) is 2.71. The molecule has 0 aliphatic carbocycles. The molecule has 1 atom stereocenters. The Kier molecular flexibility index (Phi) is 5.61. The SMILES string of the molecule is COC(=O)C1=C(C(=O)OC)C(OC)(OC)OC1c1cccc(Cl)c1. The van der Waals surface area contributed by atoms with Gasteiger partial charge in [-0.3, -0.25) is 0 Å². The minimum Gasteiger partial charge on any atom is -0.466 e. The number of methoxy groups -OCH3 is 4. The van der Waals surface area contributed by atoms with Crippen molar-refractivity contribution in [1.29, 1.82) is 0 Å². The van der Waals surface area contributed by atoms with Gasteiger partial charge >= 0.3 is 17.9 Å². The van der Waals surface area contributed by atoms with Crippen molar-refractivity contribution < 1.29 is 33.3 Å². The van der Waals surface area contributed by atoms with Gasteiger partial charge in [0.05, 0.1) is 19.8 Å². The van der Waals surface area contributed by atoms with E-state index in [-0.39, 0.29) is 11.1 Å². The van der Waals surface area contributed by atoms with Crippen molar-refractivity contribution in [2.75, 3.05) is 28.4 Å². The lowest BCUT2D eigenvalue weighted by Crippen LogP contribution is -2.39. The van der Waals surface area contributed by atoms with E-state index in [1.54, 1.807) is 24.3 Å². The van der Waals surface area contributed by atoms with Gasteiger partial charge in [0.1, 0.15) is 11.7 Å². The van der Waals surface area contributed by atoms with Crippen LogP contribution in [0.4, 0.5) is 0 Å². The highest BCUT2D eigenvalue weighted by Gasteiger charge is 2.55. The molecule has 0 spiro atoms. The van der Waals surface area contributed by atoms with Gasteiger partial charge in [-0.05, 0) is 17.7 Å². The van der Waals surface area contributed by atoms with Gasteiger partial charge in [0, 0.05) is 19.2 Å². The minimum absolute atomic E-state index is 0.0738. The maximum absolute atomic E-state index is 12.3. The molecule has 24 heavy (non-hydrogen) atoms. The zero-order chi connectivity index (χ0) is 17.9. The van der Waals surface area contributed by atoms with E-state index in [2.05, 4.69) is 0 Å². The molecule has 1 heterocycles. The Morgan fingerprint density at radius 1 is 1.08 bits per heavy atom. The second-order valence-electron chi connectivity index (χ2n) is 4.79. The Hall–Kier alpha value is -1.93. The number of hydrogen-bond donors (Lipinski definition) is 0. The molecule has 1 aromatic carbocycles. The summed E-state index contributed by atoms with van der Waals surface area (Å²) in [5.41, 5.74) is 0.238. The van der Waals surface area contributed by atoms with Crippen LogP contribution >= 0.6 is 11.6 Å². The van der Waals surface area contributed by atoms with Gasteiger partial charge < -0.3 is 23.7 Å². The summed E-state index contributed by atoms with van der Waals surface area (Å²) in [7, 11) is 4.93. The molecule has 1 unspecified atom stereocenters. The van der Waals surface area contributed by atoms with Crippen LogP contribution in [0.3, 0.4) is 0 Å². The molecule has 7 nitrogen and oxygen atoms in total. The first-order valence-corrected chi connectivity index (χ1v) is 7.26. The van der Waals surface area contributed by atoms with Gasteiger partial charge in [-0.2, -0.15) is 0 Å². The first-order valence-electron chi connectivity index (χ1n) is 6.89. The Bertz CT molecular complexity index is 679. The third-order valence-electron chi connectivity index (χ3n) is 3.59. The van der Waals surface area contributed by atoms with Crippen LogP contribution in [0.1, 0.15) is 11.7 Å². The normalized spacial score (nSPS) is 19.3. The fraction of sp³-hybridized carbons (Fsp3) is 0.375. The highest BCUT2D eigenvalue weighted by molar-refractivity contribution is 6.30. The van der Waals surface area contributed by atoms with Crippen molar-refractivity contribution in [1.82, 2.24) is 0 Å². The van der Waals surface area contributed by atoms with Crippen LogP contribution in [0.25, 0.3) is 0 Å². The molecule has 0 bridgehead atoms. The summed E-state index contributed by atoms with van der Waals surface area (Å²) in [6.45, 7) is 0. The van der Waals surface area contributed by atoms with Crippen molar-refractivity contribution in [2.24, 2.45) is 0 Å². The van der Waals surface area contributed by atoms with Crippen molar-refractivity contribution in [3.63, 3.8) is 0 Å². The predicted octanol–water partition coefficient (Wildman–Crippen LogP) is 2.00. The number of esters is 2. The zero-order valence-corrected chi connectivity index (χ0v) is 14.4. The van der Waals surface area contributed by atoms with Crippen LogP contribution in [0.5, 0.6) is 0 Å². The summed E-state index contributed by atoms with van der Waals surface area (Å²) in [5, 5.41) is 0.437. The van der Waals surface area contributed by atoms with E-state index in [1.807, 2.05) is 0 Å². The third-order valence-corrected chi connectivity index (χ3v) is 3.83. The summed E-state index contributed by atoms with van der Waals surface area (Å²) in [4.78, 5) is 24.6. The van der Waals surface area contributed by atoms with Crippen molar-refractivity contribution in [2.45, 2.75) is 12.1 Å². The summed E-state index contributed by atoms with van der Waals surface area (Å²) < 4.78 is 25.8. The monoisotopic (exact) mass is 356 g/mol. The molecule has 0 radical (unpaired) electrons. The molecule has 0 saturated heterocycles. The first kappa shape index (κ1) is 18.4. The Morgan fingerprint density at radius 3 is 2.21 bits per heavy atom. The second kappa shape index (κ2) is 7.31. The molecule has 0 aromatic heterocycles. The van der Waals surface area contributed by atoms with E-state index in [9.17, 15) is 9.59 Å². The molecule has 130 valence electrons. The van der Waals surface area contributed by atoms with Crippen LogP contribution < -0.4 is 0 Å². The predicted molar refractivity (Wildman–Crippen MR) is 83.1 cm³/mol. The van der Waals surface area contributed by atoms with Gasteiger partial charge in [-0.1, -0.05) is 23.7 Å². The van der Waals surface area contributed by atoms with Gasteiger partial charge in [0.25, 0.3) is 0 Å². The highest BCUT2D eigenvalue weighted by Crippen LogP contribution is 2.46. The smallest absolute Gasteiger partial charge is 0.342 e. The minimum atomic E-state index is -1.90. The van der Waals surface area contributed by atoms with E-state index < -0.39 is 24.0 Å². The topological polar surface area (TPSA) is 80.3 Å². The summed E-state index contributed by atoms with van der Waals surface area (Å²) in [6, 6.07) is 6.65. The van der Waals surface area contributed by atoms with Crippen LogP contribution in [0.15, 0.2) is 35.4 Å². The van der Waals surface area contributed by atoms with Crippen LogP contribution in [-0.2, 0) is 33.3 Å². The summed E-state index contributed by atoms with van der Waals surface area (Å²) >= 11 is 6.01. The molecular weight excluding hydrogens is 340 g/mol. The van der Waals surface area contributed by atoms with Crippen LogP contribution in [0, 0.1) is 0 Å². The Balaban J connectivity index is 2.70. The third kappa shape index (κ3) is 3.03. The number of hydrogen-bond acceptors (Lipinski definition) is 7. The fourth-order valence-electron chi connectivity index (χ4n) is 2.51. The first-order chi connectivity index (χ1) is 11.4. The van der Waals surface area contributed by atoms with Crippen molar-refractivity contribution in [3.8, 4) is 0 Å². The number of benzene rings is 1. The Morgan fingerprint density at radius 2 is 1.71 bits per heavy atom. The highest BCUT2D eigenvalue weighted by atomic mass is 35.5. The van der Waals surface area contributed by atoms with Crippen molar-refractivity contribution >= 4 is 23.5 Å². The van der Waals surface area contributed by atoms with Crippen LogP contribution in [-0.4, -0.2) is 46.4 Å². The molecular formula is C16H17ClO7. The van der Waals surface area contributed by atoms with Gasteiger partial charge in [0.15, 0.2) is 0 Å². The molecule has 0 fully saturated rings. The van der Waals surface area contributed by atoms with Crippen molar-refractivity contribution in [3.05, 3.63) is 46.0 Å². The van der Waals surface area contributed by atoms with E-state index in [1.165, 1.54) is 28.4 Å². The number of rotatable bonds is 5. The lowest BCUT2D eigenvalue weighted by Gasteiger charge is -2.27. The molecule has 8 heteroatoms. The number of ether oxygens (including phenoxy) is 5. The molecule has 1 aromatic rings. The van der Waals surface area contributed by atoms with E-state index in [0.717, 1.165) is 0 Å². The van der Waals surface area contributed by atoms with Gasteiger partial charge in [-0.15, -0.1) is 0 Å². The van der Waals surface area contributed by atoms with E-state index in [0.29, 0.717) is 10.6 Å². The molecule has 2 rings (SSSR count). The van der Waals surface area contributed by atoms with E-state index in [4.69, 9.17) is 35.3 Å².